The molecule has 0 amide bonds. The summed E-state index contributed by atoms with van der Waals surface area (Å²) in [5.74, 6) is -2.22. The molecule has 2 rings (SSSR count). The van der Waals surface area contributed by atoms with E-state index in [1.54, 1.807) is 13.8 Å². The number of carbonyl (C=O) groups excluding carboxylic acids is 1. The minimum absolute atomic E-state index is 0.162. The number of ether oxygens (including phenoxy) is 1. The van der Waals surface area contributed by atoms with Gasteiger partial charge in [-0.25, -0.2) is 8.42 Å². The van der Waals surface area contributed by atoms with Gasteiger partial charge in [-0.15, -0.1) is 0 Å². The molecule has 0 saturated heterocycles. The molecule has 1 aromatic heterocycles. The van der Waals surface area contributed by atoms with Crippen LogP contribution in [0.2, 0.25) is 10.0 Å². The first-order valence-corrected chi connectivity index (χ1v) is 9.58. The molecule has 0 atom stereocenters. The van der Waals surface area contributed by atoms with Crippen LogP contribution in [0.15, 0.2) is 28.0 Å². The molecule has 140 valence electrons. The fourth-order valence-electron chi connectivity index (χ4n) is 2.26. The fourth-order valence-corrected chi connectivity index (χ4v) is 4.61. The number of benzene rings is 1. The van der Waals surface area contributed by atoms with Crippen molar-refractivity contribution in [3.8, 4) is 5.75 Å². The zero-order valence-corrected chi connectivity index (χ0v) is 16.3. The number of rotatable bonds is 4. The fraction of sp³-hybridized carbons (Fsp3) is 0.250. The van der Waals surface area contributed by atoms with Gasteiger partial charge in [-0.1, -0.05) is 37.0 Å². The van der Waals surface area contributed by atoms with E-state index in [4.69, 9.17) is 33.7 Å². The van der Waals surface area contributed by atoms with Crippen LogP contribution in [0.4, 0.5) is 10.2 Å². The maximum absolute atomic E-state index is 13.8. The van der Waals surface area contributed by atoms with E-state index in [-0.39, 0.29) is 16.6 Å². The van der Waals surface area contributed by atoms with Gasteiger partial charge in [0.2, 0.25) is 15.8 Å². The van der Waals surface area contributed by atoms with Gasteiger partial charge in [-0.3, -0.25) is 4.79 Å². The van der Waals surface area contributed by atoms with Crippen molar-refractivity contribution in [2.75, 3.05) is 5.73 Å². The Bertz CT molecular complexity index is 968. The van der Waals surface area contributed by atoms with Crippen molar-refractivity contribution in [2.45, 2.75) is 36.5 Å². The van der Waals surface area contributed by atoms with Crippen LogP contribution < -0.4 is 10.5 Å². The van der Waals surface area contributed by atoms with Crippen molar-refractivity contribution >= 4 is 44.8 Å². The Kier molecular flexibility index (Phi) is 5.79. The average molecular weight is 421 g/mol. The molecule has 1 heterocycles. The van der Waals surface area contributed by atoms with Gasteiger partial charge in [-0.2, -0.15) is 9.37 Å². The second-order valence-electron chi connectivity index (χ2n) is 5.70. The summed E-state index contributed by atoms with van der Waals surface area (Å²) in [4.78, 5) is 13.6. The topological polar surface area (TPSA) is 99.4 Å². The van der Waals surface area contributed by atoms with E-state index < -0.39 is 42.5 Å². The maximum Gasteiger partial charge on any atom is 0.308 e. The quantitative estimate of drug-likeness (QED) is 0.455. The first-order valence-electron chi connectivity index (χ1n) is 7.34. The summed E-state index contributed by atoms with van der Waals surface area (Å²) in [6.07, 6.45) is 0. The lowest BCUT2D eigenvalue weighted by Gasteiger charge is -2.15. The molecule has 2 N–H and O–H groups in total. The molecular formula is C16H15Cl2FN2O4S. The summed E-state index contributed by atoms with van der Waals surface area (Å²) in [5.41, 5.74) is 5.93. The lowest BCUT2D eigenvalue weighted by molar-refractivity contribution is -0.131. The largest absolute Gasteiger partial charge is 0.426 e. The molecule has 10 heteroatoms. The minimum atomic E-state index is -4.31. The summed E-state index contributed by atoms with van der Waals surface area (Å²) in [7, 11) is -4.31. The second kappa shape index (κ2) is 7.38. The predicted molar refractivity (Wildman–Crippen MR) is 95.9 cm³/mol. The third kappa shape index (κ3) is 3.77. The van der Waals surface area contributed by atoms with Gasteiger partial charge in [0.25, 0.3) is 0 Å². The number of sulfone groups is 1. The maximum atomic E-state index is 13.8. The van der Waals surface area contributed by atoms with Gasteiger partial charge in [-0.05, 0) is 29.7 Å². The van der Waals surface area contributed by atoms with Gasteiger partial charge in [0.15, 0.2) is 0 Å². The van der Waals surface area contributed by atoms with Crippen LogP contribution in [0.25, 0.3) is 0 Å². The first-order chi connectivity index (χ1) is 12.0. The lowest BCUT2D eigenvalue weighted by Crippen LogP contribution is -2.10. The number of nitrogen functional groups attached to an aromatic ring is 1. The Labute approximate surface area is 160 Å². The van der Waals surface area contributed by atoms with Gasteiger partial charge >= 0.3 is 5.97 Å². The molecule has 6 nitrogen and oxygen atoms in total. The molecule has 0 saturated carbocycles. The molecule has 1 aromatic carbocycles. The Balaban J connectivity index is 2.72. The zero-order chi connectivity index (χ0) is 19.8. The van der Waals surface area contributed by atoms with Crippen molar-refractivity contribution in [1.82, 2.24) is 4.98 Å². The highest BCUT2D eigenvalue weighted by molar-refractivity contribution is 7.91. The number of nitrogens with two attached hydrogens (primary N) is 1. The van der Waals surface area contributed by atoms with Crippen molar-refractivity contribution < 1.29 is 22.3 Å². The van der Waals surface area contributed by atoms with Crippen molar-refractivity contribution in [3.63, 3.8) is 0 Å². The van der Waals surface area contributed by atoms with E-state index >= 15 is 0 Å². The molecule has 0 spiro atoms. The summed E-state index contributed by atoms with van der Waals surface area (Å²) in [5, 5.41) is -1.22. The van der Waals surface area contributed by atoms with Crippen molar-refractivity contribution in [1.29, 1.82) is 0 Å². The molecule has 26 heavy (non-hydrogen) atoms. The molecule has 0 aliphatic rings. The molecule has 0 aliphatic carbocycles. The van der Waals surface area contributed by atoms with Gasteiger partial charge in [0, 0.05) is 6.92 Å². The van der Waals surface area contributed by atoms with Crippen LogP contribution in [0.3, 0.4) is 0 Å². The second-order valence-corrected chi connectivity index (χ2v) is 8.34. The molecule has 0 fully saturated rings. The number of carbonyl (C=O) groups is 1. The number of esters is 1. The number of hydrogen-bond acceptors (Lipinski definition) is 6. The van der Waals surface area contributed by atoms with Gasteiger partial charge in [0.1, 0.15) is 26.5 Å². The predicted octanol–water partition coefficient (Wildman–Crippen LogP) is 3.99. The Hall–Kier alpha value is -1.90. The number of aromatic nitrogens is 1. The van der Waals surface area contributed by atoms with Gasteiger partial charge < -0.3 is 10.5 Å². The normalized spacial score (nSPS) is 11.7. The van der Waals surface area contributed by atoms with Crippen LogP contribution in [-0.2, 0) is 14.6 Å². The number of halogens is 3. The first kappa shape index (κ1) is 20.4. The molecule has 0 bridgehead atoms. The lowest BCUT2D eigenvalue weighted by atomic mass is 10.0. The zero-order valence-electron chi connectivity index (χ0n) is 14.0. The van der Waals surface area contributed by atoms with Crippen LogP contribution in [0, 0.1) is 5.95 Å². The number of pyridine rings is 1. The van der Waals surface area contributed by atoms with E-state index in [0.29, 0.717) is 5.56 Å². The summed E-state index contributed by atoms with van der Waals surface area (Å²) < 4.78 is 44.8. The van der Waals surface area contributed by atoms with Crippen molar-refractivity contribution in [3.05, 3.63) is 39.8 Å². The highest BCUT2D eigenvalue weighted by Crippen LogP contribution is 2.39. The van der Waals surface area contributed by atoms with E-state index in [1.807, 2.05) is 0 Å². The van der Waals surface area contributed by atoms with E-state index in [1.165, 1.54) is 25.1 Å². The monoisotopic (exact) mass is 420 g/mol. The van der Waals surface area contributed by atoms with E-state index in [9.17, 15) is 17.6 Å². The standard InChI is InChI=1S/C16H15Cl2FN2O4S/c1-7(2)10-6-9(4-5-11(10)25-8(3)22)26(23,24)14-12(17)15(19)21-16(20)13(14)18/h4-7H,1-3H3,(H2,20,21). The smallest absolute Gasteiger partial charge is 0.308 e. The Morgan fingerprint density at radius 3 is 2.42 bits per heavy atom. The summed E-state index contributed by atoms with van der Waals surface area (Å²) >= 11 is 11.7. The summed E-state index contributed by atoms with van der Waals surface area (Å²) in [6, 6.07) is 3.87. The number of hydrogen-bond donors (Lipinski definition) is 1. The molecular weight excluding hydrogens is 406 g/mol. The highest BCUT2D eigenvalue weighted by atomic mass is 35.5. The highest BCUT2D eigenvalue weighted by Gasteiger charge is 2.30. The molecule has 0 unspecified atom stereocenters. The number of nitrogens with zero attached hydrogens (tertiary/aromatic N) is 1. The Morgan fingerprint density at radius 2 is 1.88 bits per heavy atom. The minimum Gasteiger partial charge on any atom is -0.426 e. The van der Waals surface area contributed by atoms with Gasteiger partial charge in [0.05, 0.1) is 4.90 Å². The Morgan fingerprint density at radius 1 is 1.27 bits per heavy atom. The van der Waals surface area contributed by atoms with Crippen LogP contribution in [-0.4, -0.2) is 19.4 Å². The molecule has 0 aliphatic heterocycles. The van der Waals surface area contributed by atoms with Crippen LogP contribution >= 0.6 is 23.2 Å². The number of anilines is 1. The van der Waals surface area contributed by atoms with E-state index in [2.05, 4.69) is 4.98 Å². The third-order valence-electron chi connectivity index (χ3n) is 3.46. The average Bonchev–Trinajstić information content (AvgIpc) is 2.52. The summed E-state index contributed by atoms with van der Waals surface area (Å²) in [6.45, 7) is 4.82. The van der Waals surface area contributed by atoms with E-state index in [0.717, 1.165) is 0 Å². The van der Waals surface area contributed by atoms with Crippen molar-refractivity contribution in [2.24, 2.45) is 0 Å². The van der Waals surface area contributed by atoms with Crippen LogP contribution in [0.1, 0.15) is 32.3 Å². The molecule has 0 radical (unpaired) electrons. The third-order valence-corrected chi connectivity index (χ3v) is 6.23. The van der Waals surface area contributed by atoms with Crippen LogP contribution in [0.5, 0.6) is 5.75 Å². The SMILES string of the molecule is CC(=O)Oc1ccc(S(=O)(=O)c2c(Cl)c(N)nc(F)c2Cl)cc1C(C)C. The molecule has 2 aromatic rings.